The van der Waals surface area contributed by atoms with Gasteiger partial charge >= 0.3 is 0 Å². The van der Waals surface area contributed by atoms with Crippen molar-refractivity contribution in [3.8, 4) is 11.5 Å². The van der Waals surface area contributed by atoms with Gasteiger partial charge in [-0.1, -0.05) is 35.9 Å². The van der Waals surface area contributed by atoms with E-state index in [-0.39, 0.29) is 5.69 Å². The van der Waals surface area contributed by atoms with Crippen LogP contribution in [0.2, 0.25) is 0 Å². The molecule has 0 amide bonds. The van der Waals surface area contributed by atoms with Gasteiger partial charge < -0.3 is 15.2 Å². The van der Waals surface area contributed by atoms with Gasteiger partial charge in [-0.3, -0.25) is 4.55 Å². The molecule has 212 valence electrons. The van der Waals surface area contributed by atoms with Crippen molar-refractivity contribution in [2.45, 2.75) is 18.7 Å². The quantitative estimate of drug-likeness (QED) is 0.123. The van der Waals surface area contributed by atoms with Crippen LogP contribution < -0.4 is 10.1 Å². The average molecular weight is 582 g/mol. The monoisotopic (exact) mass is 581 g/mol. The third kappa shape index (κ3) is 6.27. The molecule has 0 aliphatic carbocycles. The Hall–Kier alpha value is -5.13. The molecular weight excluding hydrogens is 554 g/mol. The Balaban J connectivity index is 1.52. The van der Waals surface area contributed by atoms with Crippen LogP contribution in [-0.2, 0) is 10.1 Å². The van der Waals surface area contributed by atoms with Crippen LogP contribution >= 0.6 is 0 Å². The summed E-state index contributed by atoms with van der Waals surface area (Å²) in [6, 6.07) is 26.5. The summed E-state index contributed by atoms with van der Waals surface area (Å²) in [6.07, 6.45) is 0. The van der Waals surface area contributed by atoms with Crippen LogP contribution in [0.3, 0.4) is 0 Å². The molecule has 0 bridgehead atoms. The first kappa shape index (κ1) is 28.4. The highest BCUT2D eigenvalue weighted by Gasteiger charge is 2.22. The second-order valence-corrected chi connectivity index (χ2v) is 10.9. The number of aromatic hydroxyl groups is 1. The maximum atomic E-state index is 12.3. The minimum atomic E-state index is -4.78. The highest BCUT2D eigenvalue weighted by Crippen LogP contribution is 2.43. The molecule has 5 rings (SSSR count). The van der Waals surface area contributed by atoms with Crippen LogP contribution in [0.1, 0.15) is 11.1 Å². The molecule has 0 saturated heterocycles. The van der Waals surface area contributed by atoms with Crippen LogP contribution in [0, 0.1) is 13.8 Å². The van der Waals surface area contributed by atoms with Crippen LogP contribution in [0.4, 0.5) is 34.1 Å². The van der Waals surface area contributed by atoms with Crippen LogP contribution in [0.15, 0.2) is 116 Å². The molecule has 0 aliphatic rings. The number of fused-ring (bicyclic) bond motifs is 1. The third-order valence-corrected chi connectivity index (χ3v) is 7.32. The predicted octanol–water partition coefficient (Wildman–Crippen LogP) is 8.99. The standard InChI is InChI=1S/C31H27N5O5S/c1-19-9-11-23(12-10-19)33-34-26-18-28(41-3)27(15-20(26)2)35-36-30-29(42(38,39)40)17-21-16-24(13-14-25(21)31(30)37)32-22-7-5-4-6-8-22/h4-18,32,37H,1-3H3,(H,38,39,40)/b34-33+,36-35+. The number of aryl methyl sites for hydroxylation is 2. The van der Waals surface area contributed by atoms with Crippen LogP contribution in [0.25, 0.3) is 10.8 Å². The topological polar surface area (TPSA) is 145 Å². The summed E-state index contributed by atoms with van der Waals surface area (Å²) in [4.78, 5) is -0.590. The molecule has 5 aromatic rings. The lowest BCUT2D eigenvalue weighted by Crippen LogP contribution is -1.99. The molecule has 0 heterocycles. The molecule has 0 unspecified atom stereocenters. The number of rotatable bonds is 8. The van der Waals surface area contributed by atoms with E-state index in [0.717, 1.165) is 11.3 Å². The third-order valence-electron chi connectivity index (χ3n) is 6.45. The predicted molar refractivity (Wildman–Crippen MR) is 162 cm³/mol. The minimum Gasteiger partial charge on any atom is -0.505 e. The van der Waals surface area contributed by atoms with Crippen LogP contribution in [-0.4, -0.2) is 25.2 Å². The lowest BCUT2D eigenvalue weighted by atomic mass is 10.1. The summed E-state index contributed by atoms with van der Waals surface area (Å²) < 4.78 is 40.2. The number of ether oxygens (including phenoxy) is 1. The summed E-state index contributed by atoms with van der Waals surface area (Å²) in [6.45, 7) is 3.79. The Kier molecular flexibility index (Phi) is 7.96. The largest absolute Gasteiger partial charge is 0.505 e. The van der Waals surface area contributed by atoms with Crippen molar-refractivity contribution >= 4 is 55.0 Å². The Morgan fingerprint density at radius 2 is 1.48 bits per heavy atom. The van der Waals surface area contributed by atoms with Gasteiger partial charge in [0.2, 0.25) is 0 Å². The van der Waals surface area contributed by atoms with Gasteiger partial charge in [-0.15, -0.1) is 10.2 Å². The zero-order valence-electron chi connectivity index (χ0n) is 23.0. The molecule has 10 nitrogen and oxygen atoms in total. The molecule has 0 radical (unpaired) electrons. The van der Waals surface area contributed by atoms with E-state index >= 15 is 0 Å². The number of para-hydroxylation sites is 1. The molecule has 0 spiro atoms. The summed E-state index contributed by atoms with van der Waals surface area (Å²) in [5.41, 5.74) is 4.38. The Morgan fingerprint density at radius 3 is 2.17 bits per heavy atom. The van der Waals surface area contributed by atoms with E-state index in [4.69, 9.17) is 4.74 Å². The summed E-state index contributed by atoms with van der Waals surface area (Å²) >= 11 is 0. The molecule has 3 N–H and O–H groups in total. The van der Waals surface area contributed by atoms with E-state index in [0.29, 0.717) is 39.1 Å². The molecular formula is C31H27N5O5S. The molecule has 0 aromatic heterocycles. The van der Waals surface area contributed by atoms with Gasteiger partial charge in [0.1, 0.15) is 22.0 Å². The van der Waals surface area contributed by atoms with Crippen molar-refractivity contribution < 1.29 is 22.8 Å². The maximum Gasteiger partial charge on any atom is 0.296 e. The minimum absolute atomic E-state index is 0.257. The van der Waals surface area contributed by atoms with Crippen molar-refractivity contribution in [3.63, 3.8) is 0 Å². The Labute approximate surface area is 242 Å². The van der Waals surface area contributed by atoms with E-state index < -0.39 is 26.5 Å². The van der Waals surface area contributed by atoms with Gasteiger partial charge in [0.25, 0.3) is 10.1 Å². The van der Waals surface area contributed by atoms with E-state index in [9.17, 15) is 18.1 Å². The SMILES string of the molecule is COc1cc(/N=N/c2ccc(C)cc2)c(C)cc1/N=N/c1c(S(=O)(=O)O)cc2cc(Nc3ccccc3)ccc2c1O. The number of methoxy groups -OCH3 is 1. The fourth-order valence-electron chi connectivity index (χ4n) is 4.25. The van der Waals surface area contributed by atoms with Crippen molar-refractivity contribution in [2.24, 2.45) is 20.5 Å². The lowest BCUT2D eigenvalue weighted by Gasteiger charge is -2.12. The number of nitrogens with zero attached hydrogens (tertiary/aromatic N) is 4. The van der Waals surface area contributed by atoms with E-state index in [1.54, 1.807) is 37.3 Å². The highest BCUT2D eigenvalue weighted by molar-refractivity contribution is 7.86. The number of anilines is 2. The number of phenolic OH excluding ortho intramolecular Hbond substituents is 1. The van der Waals surface area contributed by atoms with Crippen molar-refractivity contribution in [1.29, 1.82) is 0 Å². The van der Waals surface area contributed by atoms with Gasteiger partial charge in [0.15, 0.2) is 5.75 Å². The second-order valence-electron chi connectivity index (χ2n) is 9.52. The molecule has 0 fully saturated rings. The van der Waals surface area contributed by atoms with Crippen molar-refractivity contribution in [1.82, 2.24) is 0 Å². The zero-order valence-corrected chi connectivity index (χ0v) is 23.8. The summed E-state index contributed by atoms with van der Waals surface area (Å²) in [5, 5.41) is 31.8. The van der Waals surface area contributed by atoms with Gasteiger partial charge in [0.05, 0.1) is 18.5 Å². The van der Waals surface area contributed by atoms with E-state index in [1.807, 2.05) is 61.5 Å². The second kappa shape index (κ2) is 11.8. The fraction of sp³-hybridized carbons (Fsp3) is 0.0968. The van der Waals surface area contributed by atoms with E-state index in [1.165, 1.54) is 13.2 Å². The summed E-state index contributed by atoms with van der Waals surface area (Å²) in [5.74, 6) is -0.151. The average Bonchev–Trinajstić information content (AvgIpc) is 2.97. The normalized spacial score (nSPS) is 11.9. The highest BCUT2D eigenvalue weighted by atomic mass is 32.2. The first-order valence-electron chi connectivity index (χ1n) is 12.8. The Morgan fingerprint density at radius 1 is 0.762 bits per heavy atom. The van der Waals surface area contributed by atoms with Crippen LogP contribution in [0.5, 0.6) is 11.5 Å². The van der Waals surface area contributed by atoms with Gasteiger partial charge in [0, 0.05) is 22.8 Å². The fourth-order valence-corrected chi connectivity index (χ4v) is 4.91. The number of azo groups is 2. The number of hydrogen-bond acceptors (Lipinski definition) is 9. The smallest absolute Gasteiger partial charge is 0.296 e. The van der Waals surface area contributed by atoms with Gasteiger partial charge in [-0.2, -0.15) is 18.6 Å². The molecule has 0 saturated carbocycles. The molecule has 42 heavy (non-hydrogen) atoms. The zero-order chi connectivity index (χ0) is 29.9. The molecule has 0 atom stereocenters. The number of benzene rings is 5. The number of phenols is 1. The van der Waals surface area contributed by atoms with E-state index in [2.05, 4.69) is 25.8 Å². The lowest BCUT2D eigenvalue weighted by molar-refractivity contribution is 0.416. The van der Waals surface area contributed by atoms with Gasteiger partial charge in [-0.05, 0) is 79.4 Å². The first-order valence-corrected chi connectivity index (χ1v) is 14.2. The molecule has 5 aromatic carbocycles. The molecule has 0 aliphatic heterocycles. The van der Waals surface area contributed by atoms with Crippen molar-refractivity contribution in [3.05, 3.63) is 102 Å². The first-order chi connectivity index (χ1) is 20.1. The Bertz CT molecular complexity index is 1940. The van der Waals surface area contributed by atoms with Crippen molar-refractivity contribution in [2.75, 3.05) is 12.4 Å². The molecule has 11 heteroatoms. The maximum absolute atomic E-state index is 12.3. The number of nitrogens with one attached hydrogen (secondary N) is 1. The number of hydrogen-bond donors (Lipinski definition) is 3. The summed E-state index contributed by atoms with van der Waals surface area (Å²) in [7, 11) is -3.34. The van der Waals surface area contributed by atoms with Gasteiger partial charge in [-0.25, -0.2) is 0 Å².